The van der Waals surface area contributed by atoms with Gasteiger partial charge in [-0.15, -0.1) is 6.42 Å². The van der Waals surface area contributed by atoms with Gasteiger partial charge in [-0.3, -0.25) is 0 Å². The summed E-state index contributed by atoms with van der Waals surface area (Å²) in [6.45, 7) is 2.13. The minimum atomic E-state index is -3.39. The highest BCUT2D eigenvalue weighted by Crippen LogP contribution is 2.15. The van der Waals surface area contributed by atoms with Gasteiger partial charge in [-0.2, -0.15) is 4.31 Å². The Labute approximate surface area is 113 Å². The van der Waals surface area contributed by atoms with Crippen LogP contribution in [0.5, 0.6) is 0 Å². The molecule has 0 unspecified atom stereocenters. The summed E-state index contributed by atoms with van der Waals surface area (Å²) in [4.78, 5) is 6.32. The lowest BCUT2D eigenvalue weighted by Gasteiger charge is -2.33. The van der Waals surface area contributed by atoms with Gasteiger partial charge in [0.05, 0.1) is 5.41 Å². The van der Waals surface area contributed by atoms with Crippen molar-refractivity contribution in [3.8, 4) is 12.3 Å². The van der Waals surface area contributed by atoms with Crippen molar-refractivity contribution < 1.29 is 8.42 Å². The van der Waals surface area contributed by atoms with E-state index in [0.29, 0.717) is 26.2 Å². The Morgan fingerprint density at radius 2 is 2.00 bits per heavy atom. The third kappa shape index (κ3) is 3.34. The Hall–Kier alpha value is -1.84. The first kappa shape index (κ1) is 13.6. The number of piperazine rings is 1. The number of hydrogen-bond donors (Lipinski definition) is 0. The van der Waals surface area contributed by atoms with E-state index in [0.717, 1.165) is 11.2 Å². The monoisotopic (exact) mass is 277 g/mol. The predicted octanol–water partition coefficient (Wildman–Crippen LogP) is 0.680. The first-order chi connectivity index (χ1) is 9.13. The van der Waals surface area contributed by atoms with Crippen molar-refractivity contribution in [1.29, 1.82) is 0 Å². The standard InChI is InChI=1S/C13H15N3O2S/c1-2-3-12-19(17,18)16-10-8-15(9-11-16)13-6-4-5-7-14-13/h1,3-7,12H,8-11H2/b12-3+. The number of rotatable bonds is 3. The maximum absolute atomic E-state index is 11.9. The van der Waals surface area contributed by atoms with E-state index < -0.39 is 10.0 Å². The van der Waals surface area contributed by atoms with E-state index in [2.05, 4.69) is 15.8 Å². The molecule has 0 saturated carbocycles. The first-order valence-electron chi connectivity index (χ1n) is 5.92. The number of pyridine rings is 1. The Kier molecular flexibility index (Phi) is 4.20. The SMILES string of the molecule is C#C/C=C/S(=O)(=O)N1CCN(c2ccccn2)CC1. The van der Waals surface area contributed by atoms with Crippen LogP contribution in [0.25, 0.3) is 0 Å². The second-order valence-corrected chi connectivity index (χ2v) is 5.91. The van der Waals surface area contributed by atoms with Crippen LogP contribution >= 0.6 is 0 Å². The molecule has 0 N–H and O–H groups in total. The molecule has 0 spiro atoms. The van der Waals surface area contributed by atoms with Crippen LogP contribution in [0.1, 0.15) is 0 Å². The van der Waals surface area contributed by atoms with Crippen LogP contribution in [-0.2, 0) is 10.0 Å². The summed E-state index contributed by atoms with van der Waals surface area (Å²) in [6, 6.07) is 5.69. The molecular formula is C13H15N3O2S. The fourth-order valence-corrected chi connectivity index (χ4v) is 3.02. The molecule has 2 rings (SSSR count). The Morgan fingerprint density at radius 1 is 1.26 bits per heavy atom. The minimum Gasteiger partial charge on any atom is -0.354 e. The van der Waals surface area contributed by atoms with Crippen molar-refractivity contribution in [1.82, 2.24) is 9.29 Å². The molecule has 1 aromatic heterocycles. The molecule has 1 saturated heterocycles. The zero-order valence-corrected chi connectivity index (χ0v) is 11.3. The number of anilines is 1. The average molecular weight is 277 g/mol. The molecule has 6 heteroatoms. The molecule has 0 bridgehead atoms. The molecular weight excluding hydrogens is 262 g/mol. The summed E-state index contributed by atoms with van der Waals surface area (Å²) in [7, 11) is -3.39. The van der Waals surface area contributed by atoms with Crippen LogP contribution in [-0.4, -0.2) is 43.9 Å². The molecule has 1 fully saturated rings. The minimum absolute atomic E-state index is 0.438. The summed E-state index contributed by atoms with van der Waals surface area (Å²) in [5.74, 6) is 3.06. The molecule has 0 atom stereocenters. The number of hydrogen-bond acceptors (Lipinski definition) is 4. The Balaban J connectivity index is 2.00. The predicted molar refractivity (Wildman–Crippen MR) is 74.9 cm³/mol. The quantitative estimate of drug-likeness (QED) is 0.762. The molecule has 2 heterocycles. The average Bonchev–Trinajstić information content (AvgIpc) is 2.46. The van der Waals surface area contributed by atoms with Gasteiger partial charge >= 0.3 is 0 Å². The van der Waals surface area contributed by atoms with E-state index in [-0.39, 0.29) is 0 Å². The smallest absolute Gasteiger partial charge is 0.236 e. The van der Waals surface area contributed by atoms with Crippen LogP contribution < -0.4 is 4.90 Å². The first-order valence-corrected chi connectivity index (χ1v) is 7.42. The van der Waals surface area contributed by atoms with Gasteiger partial charge in [-0.1, -0.05) is 12.0 Å². The zero-order chi connectivity index (χ0) is 13.7. The lowest BCUT2D eigenvalue weighted by Crippen LogP contribution is -2.48. The van der Waals surface area contributed by atoms with E-state index in [1.54, 1.807) is 6.20 Å². The lowest BCUT2D eigenvalue weighted by molar-refractivity contribution is 0.389. The topological polar surface area (TPSA) is 53.5 Å². The second-order valence-electron chi connectivity index (χ2n) is 4.09. The largest absolute Gasteiger partial charge is 0.354 e. The number of nitrogens with zero attached hydrogens (tertiary/aromatic N) is 3. The highest BCUT2D eigenvalue weighted by atomic mass is 32.2. The van der Waals surface area contributed by atoms with Gasteiger partial charge in [-0.05, 0) is 12.1 Å². The molecule has 0 aliphatic carbocycles. The normalized spacial score (nSPS) is 17.5. The molecule has 1 aliphatic rings. The highest BCUT2D eigenvalue weighted by molar-refractivity contribution is 7.92. The van der Waals surface area contributed by atoms with Crippen molar-refractivity contribution >= 4 is 15.8 Å². The Bertz CT molecular complexity index is 582. The van der Waals surface area contributed by atoms with Crippen molar-refractivity contribution in [2.24, 2.45) is 0 Å². The van der Waals surface area contributed by atoms with Crippen molar-refractivity contribution in [3.63, 3.8) is 0 Å². The molecule has 1 aromatic rings. The van der Waals surface area contributed by atoms with Gasteiger partial charge in [0.1, 0.15) is 5.82 Å². The van der Waals surface area contributed by atoms with E-state index in [1.165, 1.54) is 10.4 Å². The molecule has 0 amide bonds. The third-order valence-electron chi connectivity index (χ3n) is 2.91. The number of aromatic nitrogens is 1. The highest BCUT2D eigenvalue weighted by Gasteiger charge is 2.25. The van der Waals surface area contributed by atoms with Crippen molar-refractivity contribution in [2.45, 2.75) is 0 Å². The fourth-order valence-electron chi connectivity index (χ4n) is 1.92. The van der Waals surface area contributed by atoms with E-state index in [9.17, 15) is 8.42 Å². The van der Waals surface area contributed by atoms with Crippen LogP contribution in [0, 0.1) is 12.3 Å². The summed E-state index contributed by atoms with van der Waals surface area (Å²) in [5.41, 5.74) is 0. The summed E-state index contributed by atoms with van der Waals surface area (Å²) in [6.07, 6.45) is 7.97. The summed E-state index contributed by atoms with van der Waals surface area (Å²) in [5, 5.41) is 1.07. The van der Waals surface area contributed by atoms with Gasteiger partial charge in [0.2, 0.25) is 10.0 Å². The van der Waals surface area contributed by atoms with E-state index in [1.807, 2.05) is 18.2 Å². The molecule has 0 aromatic carbocycles. The third-order valence-corrected chi connectivity index (χ3v) is 4.47. The van der Waals surface area contributed by atoms with Crippen LogP contribution in [0.4, 0.5) is 5.82 Å². The van der Waals surface area contributed by atoms with Gasteiger partial charge in [0, 0.05) is 38.5 Å². The van der Waals surface area contributed by atoms with Crippen molar-refractivity contribution in [2.75, 3.05) is 31.1 Å². The molecule has 0 radical (unpaired) electrons. The number of terminal acetylenes is 1. The van der Waals surface area contributed by atoms with E-state index in [4.69, 9.17) is 6.42 Å². The van der Waals surface area contributed by atoms with Gasteiger partial charge < -0.3 is 4.90 Å². The molecule has 5 nitrogen and oxygen atoms in total. The van der Waals surface area contributed by atoms with E-state index >= 15 is 0 Å². The Morgan fingerprint density at radius 3 is 2.58 bits per heavy atom. The molecule has 100 valence electrons. The summed E-state index contributed by atoms with van der Waals surface area (Å²) >= 11 is 0. The lowest BCUT2D eigenvalue weighted by atomic mass is 10.3. The second kappa shape index (κ2) is 5.87. The van der Waals surface area contributed by atoms with Gasteiger partial charge in [-0.25, -0.2) is 13.4 Å². The summed E-state index contributed by atoms with van der Waals surface area (Å²) < 4.78 is 25.2. The molecule has 1 aliphatic heterocycles. The fraction of sp³-hybridized carbons (Fsp3) is 0.308. The maximum atomic E-state index is 11.9. The van der Waals surface area contributed by atoms with Gasteiger partial charge in [0.25, 0.3) is 0 Å². The number of allylic oxidation sites excluding steroid dienone is 1. The van der Waals surface area contributed by atoms with Crippen LogP contribution in [0.2, 0.25) is 0 Å². The van der Waals surface area contributed by atoms with Crippen LogP contribution in [0.15, 0.2) is 35.9 Å². The van der Waals surface area contributed by atoms with Crippen LogP contribution in [0.3, 0.4) is 0 Å². The maximum Gasteiger partial charge on any atom is 0.236 e. The zero-order valence-electron chi connectivity index (χ0n) is 10.4. The van der Waals surface area contributed by atoms with Gasteiger partial charge in [0.15, 0.2) is 0 Å². The molecule has 19 heavy (non-hydrogen) atoms. The van der Waals surface area contributed by atoms with Crippen molar-refractivity contribution in [3.05, 3.63) is 35.9 Å². The number of sulfonamides is 1.